The molecule has 2 unspecified atom stereocenters. The molecule has 0 aromatic carbocycles. The molecule has 0 radical (unpaired) electrons. The average molecular weight is 227 g/mol. The Kier molecular flexibility index (Phi) is 3.88. The first-order valence-electron chi connectivity index (χ1n) is 6.57. The van der Waals surface area contributed by atoms with Crippen LogP contribution < -0.4 is 0 Å². The van der Waals surface area contributed by atoms with Crippen molar-refractivity contribution in [2.75, 3.05) is 32.8 Å². The summed E-state index contributed by atoms with van der Waals surface area (Å²) >= 11 is 0. The molecule has 2 atom stereocenters. The minimum absolute atomic E-state index is 0.146. The highest BCUT2D eigenvalue weighted by Gasteiger charge is 2.33. The number of ether oxygens (including phenoxy) is 1. The molecule has 2 heterocycles. The van der Waals surface area contributed by atoms with Gasteiger partial charge in [-0.25, -0.2) is 0 Å². The summed E-state index contributed by atoms with van der Waals surface area (Å²) in [7, 11) is 0. The molecule has 0 bridgehead atoms. The maximum absolute atomic E-state index is 9.59. The van der Waals surface area contributed by atoms with Crippen LogP contribution in [0.3, 0.4) is 0 Å². The summed E-state index contributed by atoms with van der Waals surface area (Å²) in [5.41, 5.74) is 0.436. The van der Waals surface area contributed by atoms with Gasteiger partial charge in [-0.3, -0.25) is 0 Å². The van der Waals surface area contributed by atoms with Crippen molar-refractivity contribution in [1.29, 1.82) is 0 Å². The van der Waals surface area contributed by atoms with E-state index in [9.17, 15) is 5.11 Å². The van der Waals surface area contributed by atoms with Gasteiger partial charge in [-0.2, -0.15) is 0 Å². The molecule has 1 N–H and O–H groups in total. The summed E-state index contributed by atoms with van der Waals surface area (Å²) in [6, 6.07) is 0. The van der Waals surface area contributed by atoms with Crippen molar-refractivity contribution >= 4 is 0 Å². The standard InChI is InChI=1S/C13H25NO2/c1-11(15)12-3-6-14(9-12)10-13(2)4-7-16-8-5-13/h11-12,15H,3-10H2,1-2H3. The SMILES string of the molecule is CC(O)C1CCN(CC2(C)CCOCC2)C1. The Morgan fingerprint density at radius 3 is 2.69 bits per heavy atom. The van der Waals surface area contributed by atoms with Gasteiger partial charge in [0.1, 0.15) is 0 Å². The molecule has 0 aromatic heterocycles. The van der Waals surface area contributed by atoms with Crippen LogP contribution in [0, 0.1) is 11.3 Å². The van der Waals surface area contributed by atoms with Crippen molar-refractivity contribution < 1.29 is 9.84 Å². The smallest absolute Gasteiger partial charge is 0.0552 e. The molecule has 0 saturated carbocycles. The van der Waals surface area contributed by atoms with Crippen molar-refractivity contribution in [3.05, 3.63) is 0 Å². The van der Waals surface area contributed by atoms with Gasteiger partial charge in [0.2, 0.25) is 0 Å². The monoisotopic (exact) mass is 227 g/mol. The largest absolute Gasteiger partial charge is 0.393 e. The lowest BCUT2D eigenvalue weighted by Gasteiger charge is -2.37. The Hall–Kier alpha value is -0.120. The van der Waals surface area contributed by atoms with Crippen LogP contribution in [0.5, 0.6) is 0 Å². The Bertz CT molecular complexity index is 224. The molecule has 16 heavy (non-hydrogen) atoms. The summed E-state index contributed by atoms with van der Waals surface area (Å²) in [6.07, 6.45) is 3.38. The van der Waals surface area contributed by atoms with Crippen LogP contribution in [-0.4, -0.2) is 49.0 Å². The molecule has 2 aliphatic heterocycles. The second-order valence-electron chi connectivity index (χ2n) is 5.95. The van der Waals surface area contributed by atoms with Crippen LogP contribution in [0.4, 0.5) is 0 Å². The van der Waals surface area contributed by atoms with E-state index in [0.717, 1.165) is 32.7 Å². The first-order chi connectivity index (χ1) is 7.59. The Balaban J connectivity index is 1.81. The minimum Gasteiger partial charge on any atom is -0.393 e. The molecule has 0 aliphatic carbocycles. The topological polar surface area (TPSA) is 32.7 Å². The Labute approximate surface area is 98.8 Å². The van der Waals surface area contributed by atoms with E-state index in [4.69, 9.17) is 4.74 Å². The van der Waals surface area contributed by atoms with Gasteiger partial charge in [-0.1, -0.05) is 6.92 Å². The van der Waals surface area contributed by atoms with Gasteiger partial charge in [-0.05, 0) is 44.1 Å². The number of likely N-dealkylation sites (tertiary alicyclic amines) is 1. The molecular formula is C13H25NO2. The van der Waals surface area contributed by atoms with Crippen LogP contribution in [-0.2, 0) is 4.74 Å². The number of hydrogen-bond acceptors (Lipinski definition) is 3. The zero-order chi connectivity index (χ0) is 11.6. The Morgan fingerprint density at radius 2 is 2.12 bits per heavy atom. The van der Waals surface area contributed by atoms with Crippen LogP contribution in [0.2, 0.25) is 0 Å². The molecule has 0 aromatic rings. The molecule has 2 aliphatic rings. The summed E-state index contributed by atoms with van der Waals surface area (Å²) in [5, 5.41) is 9.59. The third-order valence-electron chi connectivity index (χ3n) is 4.30. The predicted octanol–water partition coefficient (Wildman–Crippen LogP) is 1.51. The lowest BCUT2D eigenvalue weighted by atomic mass is 9.82. The van der Waals surface area contributed by atoms with Gasteiger partial charge in [0.15, 0.2) is 0 Å². The lowest BCUT2D eigenvalue weighted by Crippen LogP contribution is -2.39. The van der Waals surface area contributed by atoms with E-state index < -0.39 is 0 Å². The molecular weight excluding hydrogens is 202 g/mol. The fraction of sp³-hybridized carbons (Fsp3) is 1.00. The van der Waals surface area contributed by atoms with Gasteiger partial charge >= 0.3 is 0 Å². The van der Waals surface area contributed by atoms with E-state index in [2.05, 4.69) is 11.8 Å². The van der Waals surface area contributed by atoms with Crippen molar-refractivity contribution in [2.45, 2.75) is 39.2 Å². The van der Waals surface area contributed by atoms with E-state index >= 15 is 0 Å². The van der Waals surface area contributed by atoms with E-state index in [1.165, 1.54) is 19.4 Å². The Morgan fingerprint density at radius 1 is 1.44 bits per heavy atom. The molecule has 3 nitrogen and oxygen atoms in total. The van der Waals surface area contributed by atoms with Crippen molar-refractivity contribution in [1.82, 2.24) is 4.90 Å². The molecule has 2 saturated heterocycles. The average Bonchev–Trinajstić information content (AvgIpc) is 2.66. The van der Waals surface area contributed by atoms with E-state index in [-0.39, 0.29) is 6.10 Å². The summed E-state index contributed by atoms with van der Waals surface area (Å²) in [5.74, 6) is 0.489. The lowest BCUT2D eigenvalue weighted by molar-refractivity contribution is 0.00694. The minimum atomic E-state index is -0.146. The highest BCUT2D eigenvalue weighted by Crippen LogP contribution is 2.32. The maximum atomic E-state index is 9.59. The molecule has 0 amide bonds. The highest BCUT2D eigenvalue weighted by molar-refractivity contribution is 4.86. The number of nitrogens with zero attached hydrogens (tertiary/aromatic N) is 1. The normalized spacial score (nSPS) is 32.8. The number of aliphatic hydroxyl groups excluding tert-OH is 1. The highest BCUT2D eigenvalue weighted by atomic mass is 16.5. The zero-order valence-electron chi connectivity index (χ0n) is 10.6. The number of rotatable bonds is 3. The van der Waals surface area contributed by atoms with Gasteiger partial charge in [-0.15, -0.1) is 0 Å². The summed E-state index contributed by atoms with van der Waals surface area (Å²) in [4.78, 5) is 2.53. The molecule has 2 fully saturated rings. The van der Waals surface area contributed by atoms with E-state index in [0.29, 0.717) is 11.3 Å². The second-order valence-corrected chi connectivity index (χ2v) is 5.95. The number of hydrogen-bond donors (Lipinski definition) is 1. The molecule has 94 valence electrons. The third kappa shape index (κ3) is 2.96. The molecule has 3 heteroatoms. The first kappa shape index (κ1) is 12.3. The first-order valence-corrected chi connectivity index (χ1v) is 6.57. The summed E-state index contributed by atoms with van der Waals surface area (Å²) in [6.45, 7) is 9.56. The van der Waals surface area contributed by atoms with Crippen molar-refractivity contribution in [3.8, 4) is 0 Å². The van der Waals surface area contributed by atoms with Gasteiger partial charge in [0.25, 0.3) is 0 Å². The van der Waals surface area contributed by atoms with E-state index in [1.54, 1.807) is 0 Å². The van der Waals surface area contributed by atoms with Crippen LogP contribution in [0.1, 0.15) is 33.1 Å². The quantitative estimate of drug-likeness (QED) is 0.793. The van der Waals surface area contributed by atoms with E-state index in [1.807, 2.05) is 6.92 Å². The maximum Gasteiger partial charge on any atom is 0.0552 e. The van der Waals surface area contributed by atoms with Crippen LogP contribution in [0.15, 0.2) is 0 Å². The van der Waals surface area contributed by atoms with Gasteiger partial charge in [0, 0.05) is 26.3 Å². The number of aliphatic hydroxyl groups is 1. The predicted molar refractivity (Wildman–Crippen MR) is 64.4 cm³/mol. The molecule has 2 rings (SSSR count). The van der Waals surface area contributed by atoms with Crippen molar-refractivity contribution in [2.24, 2.45) is 11.3 Å². The van der Waals surface area contributed by atoms with Crippen LogP contribution >= 0.6 is 0 Å². The van der Waals surface area contributed by atoms with Gasteiger partial charge in [0.05, 0.1) is 6.10 Å². The van der Waals surface area contributed by atoms with Crippen LogP contribution in [0.25, 0.3) is 0 Å². The third-order valence-corrected chi connectivity index (χ3v) is 4.30. The zero-order valence-corrected chi connectivity index (χ0v) is 10.6. The molecule has 0 spiro atoms. The second kappa shape index (κ2) is 5.03. The van der Waals surface area contributed by atoms with Crippen molar-refractivity contribution in [3.63, 3.8) is 0 Å². The fourth-order valence-electron chi connectivity index (χ4n) is 2.96. The van der Waals surface area contributed by atoms with Gasteiger partial charge < -0.3 is 14.7 Å². The fourth-order valence-corrected chi connectivity index (χ4v) is 2.96. The summed E-state index contributed by atoms with van der Waals surface area (Å²) < 4.78 is 5.43.